The second-order valence-electron chi connectivity index (χ2n) is 9.45. The van der Waals surface area contributed by atoms with Gasteiger partial charge >= 0.3 is 20.7 Å². The Morgan fingerprint density at radius 2 is 1.02 bits per heavy atom. The zero-order valence-corrected chi connectivity index (χ0v) is 27.1. The standard InChI is InChI=1S/C30H58O10Si/c1-5-29(31)37-27-26-35-25-24-34-23-22-33-20-18-19-30(32)36-21-16-14-12-10-9-11-13-15-17-28-41(38-6-2,39-7-3)40-8-4/h5H,1,6-28H2,2-4H3. The van der Waals surface area contributed by atoms with Crippen LogP contribution in [0.25, 0.3) is 0 Å². The first-order valence-corrected chi connectivity index (χ1v) is 17.6. The summed E-state index contributed by atoms with van der Waals surface area (Å²) in [6, 6.07) is 0.903. The van der Waals surface area contributed by atoms with Gasteiger partial charge in [0.1, 0.15) is 6.61 Å². The average molecular weight is 607 g/mol. The van der Waals surface area contributed by atoms with Crippen molar-refractivity contribution < 1.29 is 46.6 Å². The first-order chi connectivity index (χ1) is 20.0. The number of rotatable bonds is 32. The fraction of sp³-hybridized carbons (Fsp3) is 0.867. The fourth-order valence-corrected chi connectivity index (χ4v) is 6.75. The van der Waals surface area contributed by atoms with Crippen molar-refractivity contribution >= 4 is 20.7 Å². The van der Waals surface area contributed by atoms with Gasteiger partial charge in [-0.25, -0.2) is 4.79 Å². The Hall–Kier alpha value is -1.34. The summed E-state index contributed by atoms with van der Waals surface area (Å²) >= 11 is 0. The van der Waals surface area contributed by atoms with Crippen LogP contribution in [0.1, 0.15) is 91.4 Å². The second kappa shape index (κ2) is 30.1. The van der Waals surface area contributed by atoms with Gasteiger partial charge in [0.25, 0.3) is 0 Å². The molecule has 0 unspecified atom stereocenters. The van der Waals surface area contributed by atoms with Gasteiger partial charge in [0.2, 0.25) is 0 Å². The molecule has 0 aliphatic carbocycles. The number of hydrogen-bond acceptors (Lipinski definition) is 10. The van der Waals surface area contributed by atoms with Crippen molar-refractivity contribution in [1.29, 1.82) is 0 Å². The van der Waals surface area contributed by atoms with E-state index in [1.54, 1.807) is 0 Å². The average Bonchev–Trinajstić information content (AvgIpc) is 2.96. The van der Waals surface area contributed by atoms with Crippen molar-refractivity contribution in [2.75, 3.05) is 72.7 Å². The Balaban J connectivity index is 3.42. The molecule has 0 rings (SSSR count). The first kappa shape index (κ1) is 39.7. The lowest BCUT2D eigenvalue weighted by Crippen LogP contribution is -2.45. The second-order valence-corrected chi connectivity index (χ2v) is 12.2. The molecule has 0 bridgehead atoms. The van der Waals surface area contributed by atoms with E-state index in [0.29, 0.717) is 78.9 Å². The minimum Gasteiger partial charge on any atom is -0.466 e. The van der Waals surface area contributed by atoms with Crippen LogP contribution in [0.4, 0.5) is 0 Å². The summed E-state index contributed by atoms with van der Waals surface area (Å²) in [6.45, 7) is 14.5. The van der Waals surface area contributed by atoms with Gasteiger partial charge in [-0.2, -0.15) is 0 Å². The molecule has 0 atom stereocenters. The molecule has 0 aromatic heterocycles. The lowest BCUT2D eigenvalue weighted by atomic mass is 10.1. The first-order valence-electron chi connectivity index (χ1n) is 15.6. The molecule has 0 heterocycles. The van der Waals surface area contributed by atoms with Crippen molar-refractivity contribution in [3.8, 4) is 0 Å². The van der Waals surface area contributed by atoms with E-state index in [4.69, 9.17) is 37.0 Å². The van der Waals surface area contributed by atoms with Gasteiger partial charge in [-0.05, 0) is 40.0 Å². The van der Waals surface area contributed by atoms with Gasteiger partial charge in [-0.3, -0.25) is 4.79 Å². The minimum atomic E-state index is -2.48. The summed E-state index contributed by atoms with van der Waals surface area (Å²) in [7, 11) is -2.48. The van der Waals surface area contributed by atoms with Crippen LogP contribution >= 0.6 is 0 Å². The van der Waals surface area contributed by atoms with Crippen molar-refractivity contribution in [2.24, 2.45) is 0 Å². The molecule has 242 valence electrons. The third kappa shape index (κ3) is 26.0. The number of esters is 2. The third-order valence-electron chi connectivity index (χ3n) is 6.04. The Kier molecular flexibility index (Phi) is 29.1. The number of unbranched alkanes of at least 4 members (excludes halogenated alkanes) is 8. The van der Waals surface area contributed by atoms with Gasteiger partial charge in [-0.1, -0.05) is 51.5 Å². The van der Waals surface area contributed by atoms with Gasteiger partial charge in [0, 0.05) is 45.0 Å². The molecule has 0 aromatic rings. The van der Waals surface area contributed by atoms with Gasteiger partial charge in [-0.15, -0.1) is 0 Å². The van der Waals surface area contributed by atoms with Crippen LogP contribution in [0.5, 0.6) is 0 Å². The SMILES string of the molecule is C=CC(=O)OCCOCCOCCOCCCC(=O)OCCCCCCCCCCC[Si](OCC)(OCC)OCC. The quantitative estimate of drug-likeness (QED) is 0.0413. The Bertz CT molecular complexity index is 603. The number of hydrogen-bond donors (Lipinski definition) is 0. The zero-order valence-electron chi connectivity index (χ0n) is 26.1. The maximum Gasteiger partial charge on any atom is 0.500 e. The third-order valence-corrected chi connectivity index (χ3v) is 9.19. The van der Waals surface area contributed by atoms with Crippen LogP contribution in [0, 0.1) is 0 Å². The van der Waals surface area contributed by atoms with Gasteiger partial charge in [0.15, 0.2) is 0 Å². The van der Waals surface area contributed by atoms with Crippen LogP contribution in [0.15, 0.2) is 12.7 Å². The molecule has 0 aromatic carbocycles. The topological polar surface area (TPSA) is 108 Å². The lowest BCUT2D eigenvalue weighted by molar-refractivity contribution is -0.144. The van der Waals surface area contributed by atoms with Crippen LogP contribution in [0.3, 0.4) is 0 Å². The van der Waals surface area contributed by atoms with E-state index in [-0.39, 0.29) is 12.6 Å². The summed E-state index contributed by atoms with van der Waals surface area (Å²) < 4.78 is 44.0. The smallest absolute Gasteiger partial charge is 0.466 e. The molecule has 0 radical (unpaired) electrons. The summed E-state index contributed by atoms with van der Waals surface area (Å²) in [4.78, 5) is 22.7. The molecule has 0 saturated heterocycles. The molecule has 0 amide bonds. The largest absolute Gasteiger partial charge is 0.500 e. The molecular weight excluding hydrogens is 548 g/mol. The Morgan fingerprint density at radius 1 is 0.561 bits per heavy atom. The van der Waals surface area contributed by atoms with E-state index < -0.39 is 14.8 Å². The monoisotopic (exact) mass is 606 g/mol. The van der Waals surface area contributed by atoms with Crippen molar-refractivity contribution in [2.45, 2.75) is 97.4 Å². The zero-order chi connectivity index (χ0) is 30.3. The van der Waals surface area contributed by atoms with Crippen molar-refractivity contribution in [1.82, 2.24) is 0 Å². The van der Waals surface area contributed by atoms with Crippen molar-refractivity contribution in [3.05, 3.63) is 12.7 Å². The van der Waals surface area contributed by atoms with E-state index in [0.717, 1.165) is 31.4 Å². The van der Waals surface area contributed by atoms with Crippen LogP contribution in [-0.4, -0.2) is 93.4 Å². The van der Waals surface area contributed by atoms with Crippen LogP contribution < -0.4 is 0 Å². The molecule has 0 aliphatic rings. The van der Waals surface area contributed by atoms with Crippen LogP contribution in [0.2, 0.25) is 6.04 Å². The number of carbonyl (C=O) groups excluding carboxylic acids is 2. The molecule has 0 spiro atoms. The van der Waals surface area contributed by atoms with E-state index in [1.165, 1.54) is 38.5 Å². The summed E-state index contributed by atoms with van der Waals surface area (Å²) in [5.41, 5.74) is 0. The van der Waals surface area contributed by atoms with E-state index in [2.05, 4.69) is 6.58 Å². The van der Waals surface area contributed by atoms with E-state index in [9.17, 15) is 9.59 Å². The highest BCUT2D eigenvalue weighted by atomic mass is 28.4. The Morgan fingerprint density at radius 3 is 1.54 bits per heavy atom. The Labute approximate surface area is 250 Å². The molecule has 10 nitrogen and oxygen atoms in total. The molecule has 0 saturated carbocycles. The number of ether oxygens (including phenoxy) is 5. The predicted octanol–water partition coefficient (Wildman–Crippen LogP) is 5.65. The van der Waals surface area contributed by atoms with Crippen molar-refractivity contribution in [3.63, 3.8) is 0 Å². The summed E-state index contributed by atoms with van der Waals surface area (Å²) in [5, 5.41) is 0. The normalized spacial score (nSPS) is 11.5. The van der Waals surface area contributed by atoms with Crippen LogP contribution in [-0.2, 0) is 46.6 Å². The molecular formula is C30H58O10Si. The maximum atomic E-state index is 11.8. The molecule has 0 fully saturated rings. The highest BCUT2D eigenvalue weighted by Crippen LogP contribution is 2.21. The fourth-order valence-electron chi connectivity index (χ4n) is 4.06. The minimum absolute atomic E-state index is 0.161. The maximum absolute atomic E-state index is 11.8. The highest BCUT2D eigenvalue weighted by Gasteiger charge is 2.39. The van der Waals surface area contributed by atoms with Gasteiger partial charge in [0.05, 0.1) is 39.6 Å². The molecule has 0 N–H and O–H groups in total. The summed E-state index contributed by atoms with van der Waals surface area (Å²) in [5.74, 6) is -0.621. The molecule has 41 heavy (non-hydrogen) atoms. The number of carbonyl (C=O) groups is 2. The lowest BCUT2D eigenvalue weighted by Gasteiger charge is -2.28. The molecule has 0 aliphatic heterocycles. The summed E-state index contributed by atoms with van der Waals surface area (Å²) in [6.07, 6.45) is 12.5. The van der Waals surface area contributed by atoms with Gasteiger partial charge < -0.3 is 37.0 Å². The molecule has 11 heteroatoms. The van der Waals surface area contributed by atoms with E-state index >= 15 is 0 Å². The van der Waals surface area contributed by atoms with E-state index in [1.807, 2.05) is 20.8 Å². The highest BCUT2D eigenvalue weighted by molar-refractivity contribution is 6.60. The predicted molar refractivity (Wildman–Crippen MR) is 161 cm³/mol.